The summed E-state index contributed by atoms with van der Waals surface area (Å²) < 4.78 is 3.24. The van der Waals surface area contributed by atoms with E-state index in [0.717, 1.165) is 17.7 Å². The Balaban J connectivity index is 1.52. The number of carbonyl (C=O) groups is 6. The molecule has 0 spiro atoms. The Hall–Kier alpha value is -6.58. The minimum Gasteiger partial charge on any atom is -0.509 e. The number of aromatic nitrogens is 2. The highest BCUT2D eigenvalue weighted by molar-refractivity contribution is 6.11. The molecule has 2 aromatic rings. The van der Waals surface area contributed by atoms with Crippen LogP contribution in [0.4, 0.5) is 0 Å². The molecular weight excluding hydrogens is 849 g/mol. The van der Waals surface area contributed by atoms with Crippen molar-refractivity contribution in [1.82, 2.24) is 40.8 Å². The molecule has 9 N–H and O–H groups in total. The molecule has 354 valence electrons. The average molecular weight is 909 g/mol. The summed E-state index contributed by atoms with van der Waals surface area (Å²) in [6, 6.07) is 2.58. The largest absolute Gasteiger partial charge is 0.509 e. The first-order valence-corrected chi connectivity index (χ1v) is 21.2. The van der Waals surface area contributed by atoms with Gasteiger partial charge >= 0.3 is 0 Å². The van der Waals surface area contributed by atoms with Crippen LogP contribution in [0.3, 0.4) is 0 Å². The van der Waals surface area contributed by atoms with Crippen LogP contribution in [-0.4, -0.2) is 108 Å². The number of rotatable bonds is 23. The van der Waals surface area contributed by atoms with Crippen LogP contribution in [-0.2, 0) is 60.8 Å². The van der Waals surface area contributed by atoms with E-state index in [1.165, 1.54) is 18.2 Å². The first-order valence-electron chi connectivity index (χ1n) is 21.2. The molecule has 6 amide bonds. The van der Waals surface area contributed by atoms with E-state index in [1.54, 1.807) is 44.0 Å². The first kappa shape index (κ1) is 51.1. The van der Waals surface area contributed by atoms with Gasteiger partial charge in [-0.2, -0.15) is 0 Å². The van der Waals surface area contributed by atoms with Crippen molar-refractivity contribution in [3.05, 3.63) is 90.5 Å². The molecule has 0 fully saturated rings. The van der Waals surface area contributed by atoms with Crippen molar-refractivity contribution in [2.75, 3.05) is 26.2 Å². The minimum atomic E-state index is -1.24. The van der Waals surface area contributed by atoms with E-state index in [9.17, 15) is 58.8 Å². The quantitative estimate of drug-likeness (QED) is 0.0402. The molecule has 21 nitrogen and oxygen atoms in total. The van der Waals surface area contributed by atoms with Gasteiger partial charge in [0.05, 0.1) is 17.9 Å². The lowest BCUT2D eigenvalue weighted by molar-refractivity contribution is -0.186. The van der Waals surface area contributed by atoms with Gasteiger partial charge in [-0.05, 0) is 64.6 Å². The number of aliphatic hydroxyl groups is 2. The molecule has 0 radical (unpaired) electrons. The predicted molar refractivity (Wildman–Crippen MR) is 234 cm³/mol. The van der Waals surface area contributed by atoms with Crippen molar-refractivity contribution < 1.29 is 54.0 Å². The van der Waals surface area contributed by atoms with Gasteiger partial charge in [0, 0.05) is 100 Å². The fraction of sp³-hybridized carbons (Fsp3) is 0.500. The van der Waals surface area contributed by atoms with Gasteiger partial charge in [-0.25, -0.2) is 0 Å². The summed E-state index contributed by atoms with van der Waals surface area (Å²) in [6.45, 7) is 6.30. The molecule has 0 saturated carbocycles. The second kappa shape index (κ2) is 22.9. The fourth-order valence-corrected chi connectivity index (χ4v) is 7.49. The Kier molecular flexibility index (Phi) is 18.0. The van der Waals surface area contributed by atoms with Gasteiger partial charge in [-0.15, -0.1) is 5.06 Å². The lowest BCUT2D eigenvalue weighted by Crippen LogP contribution is -2.51. The number of hydrogen-bond donors (Lipinski definition) is 9. The SMILES string of the molecule is CC1=CC(O)C(O)=C(CNC(=O)CCC(CCCNCc2c(O)c(=O)cc(C)n2C)(CCC(=O)NCc2c(O)c(=O)cc(C)n2C)NC(=O)CCNC(=O)CON2C(=O)C=CC2=O)C1C. The lowest BCUT2D eigenvalue weighted by atomic mass is 9.83. The number of pyridine rings is 2. The zero-order valence-electron chi connectivity index (χ0n) is 37.5. The maximum atomic E-state index is 13.7. The van der Waals surface area contributed by atoms with E-state index in [0.29, 0.717) is 40.7 Å². The molecule has 1 aliphatic heterocycles. The Morgan fingerprint density at radius 2 is 1.25 bits per heavy atom. The van der Waals surface area contributed by atoms with Gasteiger partial charge in [-0.3, -0.25) is 43.2 Å². The summed E-state index contributed by atoms with van der Waals surface area (Å²) in [4.78, 5) is 106. The van der Waals surface area contributed by atoms with Gasteiger partial charge in [-0.1, -0.05) is 12.5 Å². The number of allylic oxidation sites excluding steroid dienone is 1. The number of aliphatic hydroxyl groups excluding tert-OH is 2. The molecule has 0 bridgehead atoms. The normalized spacial score (nSPS) is 16.9. The number of aryl methyl sites for hydroxylation is 2. The molecule has 0 saturated heterocycles. The molecule has 21 heteroatoms. The van der Waals surface area contributed by atoms with Crippen molar-refractivity contribution in [2.45, 2.75) is 97.4 Å². The Labute approximate surface area is 375 Å². The fourth-order valence-electron chi connectivity index (χ4n) is 7.49. The number of carbonyl (C=O) groups excluding carboxylic acids is 6. The van der Waals surface area contributed by atoms with Crippen molar-refractivity contribution in [3.8, 4) is 11.5 Å². The maximum absolute atomic E-state index is 13.7. The summed E-state index contributed by atoms with van der Waals surface area (Å²) >= 11 is 0. The summed E-state index contributed by atoms with van der Waals surface area (Å²) in [5, 5.41) is 56.4. The van der Waals surface area contributed by atoms with Gasteiger partial charge in [0.25, 0.3) is 11.8 Å². The monoisotopic (exact) mass is 908 g/mol. The first-order chi connectivity index (χ1) is 30.6. The molecule has 3 atom stereocenters. The van der Waals surface area contributed by atoms with Crippen LogP contribution in [0.15, 0.2) is 56.9 Å². The number of hydroxylamine groups is 2. The molecular formula is C44H60N8O13. The van der Waals surface area contributed by atoms with Gasteiger partial charge in [0.1, 0.15) is 11.9 Å². The summed E-state index contributed by atoms with van der Waals surface area (Å²) in [7, 11) is 3.34. The number of nitrogens with zero attached hydrogens (tertiary/aromatic N) is 3. The van der Waals surface area contributed by atoms with E-state index in [2.05, 4.69) is 26.6 Å². The highest BCUT2D eigenvalue weighted by atomic mass is 16.7. The summed E-state index contributed by atoms with van der Waals surface area (Å²) in [6.07, 6.45) is 2.22. The Morgan fingerprint density at radius 1 is 0.708 bits per heavy atom. The zero-order valence-corrected chi connectivity index (χ0v) is 37.5. The highest BCUT2D eigenvalue weighted by Crippen LogP contribution is 2.30. The molecule has 65 heavy (non-hydrogen) atoms. The lowest BCUT2D eigenvalue weighted by Gasteiger charge is -2.35. The molecule has 0 aromatic carbocycles. The number of imide groups is 1. The van der Waals surface area contributed by atoms with Crippen molar-refractivity contribution in [1.29, 1.82) is 0 Å². The van der Waals surface area contributed by atoms with Crippen LogP contribution < -0.4 is 37.4 Å². The maximum Gasteiger partial charge on any atom is 0.277 e. The van der Waals surface area contributed by atoms with E-state index in [4.69, 9.17) is 4.84 Å². The number of hydrogen-bond acceptors (Lipinski definition) is 14. The molecule has 2 aromatic heterocycles. The number of aromatic hydroxyl groups is 2. The van der Waals surface area contributed by atoms with Crippen molar-refractivity contribution in [2.24, 2.45) is 20.0 Å². The summed E-state index contributed by atoms with van der Waals surface area (Å²) in [5.74, 6) is -5.16. The molecule has 4 rings (SSSR count). The van der Waals surface area contributed by atoms with Crippen LogP contribution >= 0.6 is 0 Å². The molecule has 1 aliphatic carbocycles. The molecule has 3 unspecified atom stereocenters. The topological polar surface area (TPSA) is 300 Å². The number of nitrogens with one attached hydrogen (secondary N) is 5. The van der Waals surface area contributed by atoms with Crippen LogP contribution in [0.25, 0.3) is 0 Å². The smallest absolute Gasteiger partial charge is 0.277 e. The zero-order chi connectivity index (χ0) is 48.2. The standard InChI is InChI=1S/C44H60N8O13/c1-25-18-32(53)41(62)29(28(25)4)21-47-35(56)10-14-44(13-7-16-45-22-30-42(63)33(54)19-26(2)50(30)5,15-11-36(57)48-23-31-43(64)34(55)20-27(3)51(31)6)49-37(58)12-17-46-38(59)24-65-52-39(60)8-9-40(52)61/h8-9,18-20,28,32,45,53,62-64H,7,10-17,21-24H2,1-6H3,(H,46,59)(H,47,56)(H,48,57)(H,49,58). The third kappa shape index (κ3) is 13.7. The average Bonchev–Trinajstić information content (AvgIpc) is 3.58. The number of amides is 6. The van der Waals surface area contributed by atoms with E-state index in [-0.39, 0.29) is 82.1 Å². The predicted octanol–water partition coefficient (Wildman–Crippen LogP) is -0.0383. The highest BCUT2D eigenvalue weighted by Gasteiger charge is 2.34. The van der Waals surface area contributed by atoms with E-state index in [1.807, 2.05) is 6.92 Å². The summed E-state index contributed by atoms with van der Waals surface area (Å²) in [5.41, 5.74) is 0.588. The van der Waals surface area contributed by atoms with E-state index < -0.39 is 76.0 Å². The van der Waals surface area contributed by atoms with Crippen LogP contribution in [0, 0.1) is 19.8 Å². The molecule has 2 aliphatic rings. The third-order valence-electron chi connectivity index (χ3n) is 11.9. The van der Waals surface area contributed by atoms with E-state index >= 15 is 0 Å². The second-order valence-electron chi connectivity index (χ2n) is 16.3. The van der Waals surface area contributed by atoms with Gasteiger partial charge in [0.15, 0.2) is 18.1 Å². The minimum absolute atomic E-state index is 0.00492. The second-order valence-corrected chi connectivity index (χ2v) is 16.3. The van der Waals surface area contributed by atoms with Crippen LogP contribution in [0.5, 0.6) is 11.5 Å². The van der Waals surface area contributed by atoms with Crippen molar-refractivity contribution in [3.63, 3.8) is 0 Å². The van der Waals surface area contributed by atoms with Gasteiger partial charge in [0.2, 0.25) is 34.5 Å². The Morgan fingerprint density at radius 3 is 1.82 bits per heavy atom. The van der Waals surface area contributed by atoms with Gasteiger partial charge < -0.3 is 56.1 Å². The Bertz CT molecular complexity index is 2370. The van der Waals surface area contributed by atoms with Crippen molar-refractivity contribution >= 4 is 35.4 Å². The van der Waals surface area contributed by atoms with Crippen LogP contribution in [0.2, 0.25) is 0 Å². The van der Waals surface area contributed by atoms with Crippen LogP contribution in [0.1, 0.15) is 81.6 Å². The molecule has 3 heterocycles. The third-order valence-corrected chi connectivity index (χ3v) is 11.9.